The first-order chi connectivity index (χ1) is 13.4. The van der Waals surface area contributed by atoms with Gasteiger partial charge in [-0.15, -0.1) is 0 Å². The number of aryl methyl sites for hydroxylation is 1. The van der Waals surface area contributed by atoms with Crippen LogP contribution in [0.1, 0.15) is 5.82 Å². The summed E-state index contributed by atoms with van der Waals surface area (Å²) in [5.41, 5.74) is 0. The molecule has 0 spiro atoms. The molecule has 1 aromatic carbocycles. The molecule has 1 fully saturated rings. The predicted molar refractivity (Wildman–Crippen MR) is 106 cm³/mol. The van der Waals surface area contributed by atoms with Crippen molar-refractivity contribution in [3.05, 3.63) is 59.6 Å². The van der Waals surface area contributed by atoms with Crippen LogP contribution in [0.4, 0.5) is 5.82 Å². The Labute approximate surface area is 168 Å². The van der Waals surface area contributed by atoms with Gasteiger partial charge in [-0.3, -0.25) is 0 Å². The molecule has 146 valence electrons. The van der Waals surface area contributed by atoms with Crippen molar-refractivity contribution in [3.63, 3.8) is 0 Å². The van der Waals surface area contributed by atoms with Crippen LogP contribution in [-0.2, 0) is 10.0 Å². The lowest BCUT2D eigenvalue weighted by Crippen LogP contribution is -2.49. The van der Waals surface area contributed by atoms with Gasteiger partial charge in [0.2, 0.25) is 10.0 Å². The molecule has 0 aliphatic carbocycles. The summed E-state index contributed by atoms with van der Waals surface area (Å²) in [6, 6.07) is 10.2. The summed E-state index contributed by atoms with van der Waals surface area (Å²) in [6.45, 7) is 3.59. The van der Waals surface area contributed by atoms with Crippen LogP contribution in [0.25, 0.3) is 5.82 Å². The quantitative estimate of drug-likeness (QED) is 0.645. The second kappa shape index (κ2) is 7.50. The first-order valence-electron chi connectivity index (χ1n) is 8.80. The van der Waals surface area contributed by atoms with E-state index >= 15 is 0 Å². The molecule has 8 nitrogen and oxygen atoms in total. The fourth-order valence-corrected chi connectivity index (χ4v) is 5.09. The number of sulfonamides is 1. The third-order valence-corrected chi connectivity index (χ3v) is 6.97. The van der Waals surface area contributed by atoms with Crippen molar-refractivity contribution >= 4 is 27.4 Å². The van der Waals surface area contributed by atoms with Gasteiger partial charge in [-0.2, -0.15) is 9.40 Å². The maximum Gasteiger partial charge on any atom is 0.244 e. The van der Waals surface area contributed by atoms with Crippen molar-refractivity contribution in [1.29, 1.82) is 0 Å². The van der Waals surface area contributed by atoms with Crippen molar-refractivity contribution in [2.45, 2.75) is 11.8 Å². The zero-order chi connectivity index (χ0) is 19.7. The van der Waals surface area contributed by atoms with E-state index in [0.29, 0.717) is 37.8 Å². The minimum absolute atomic E-state index is 0.143. The van der Waals surface area contributed by atoms with Crippen LogP contribution < -0.4 is 4.90 Å². The molecule has 1 saturated heterocycles. The lowest BCUT2D eigenvalue weighted by molar-refractivity contribution is 0.383. The molecule has 1 aliphatic rings. The minimum Gasteiger partial charge on any atom is -0.354 e. The van der Waals surface area contributed by atoms with Gasteiger partial charge in [-0.05, 0) is 25.1 Å². The molecule has 3 aromatic rings. The molecule has 28 heavy (non-hydrogen) atoms. The minimum atomic E-state index is -3.62. The summed E-state index contributed by atoms with van der Waals surface area (Å²) < 4.78 is 28.9. The maximum atomic E-state index is 12.9. The van der Waals surface area contributed by atoms with Gasteiger partial charge in [0, 0.05) is 44.6 Å². The molecule has 0 amide bonds. The second-order valence-electron chi connectivity index (χ2n) is 6.40. The van der Waals surface area contributed by atoms with Gasteiger partial charge in [0.15, 0.2) is 5.82 Å². The van der Waals surface area contributed by atoms with Gasteiger partial charge in [0.25, 0.3) is 0 Å². The summed E-state index contributed by atoms with van der Waals surface area (Å²) >= 11 is 6.09. The number of benzene rings is 1. The van der Waals surface area contributed by atoms with E-state index in [1.165, 1.54) is 10.4 Å². The van der Waals surface area contributed by atoms with Crippen molar-refractivity contribution in [3.8, 4) is 5.82 Å². The van der Waals surface area contributed by atoms with Crippen molar-refractivity contribution in [2.75, 3.05) is 31.1 Å². The zero-order valence-electron chi connectivity index (χ0n) is 15.2. The highest BCUT2D eigenvalue weighted by atomic mass is 35.5. The summed E-state index contributed by atoms with van der Waals surface area (Å²) in [5.74, 6) is 2.07. The predicted octanol–water partition coefficient (Wildman–Crippen LogP) is 2.14. The molecular weight excluding hydrogens is 400 g/mol. The van der Waals surface area contributed by atoms with Crippen LogP contribution in [0.3, 0.4) is 0 Å². The average Bonchev–Trinajstić information content (AvgIpc) is 3.23. The van der Waals surface area contributed by atoms with E-state index < -0.39 is 10.0 Å². The summed E-state index contributed by atoms with van der Waals surface area (Å²) in [4.78, 5) is 11.1. The molecule has 0 bridgehead atoms. The number of hydrogen-bond acceptors (Lipinski definition) is 6. The Morgan fingerprint density at radius 2 is 1.71 bits per heavy atom. The van der Waals surface area contributed by atoms with Crippen LogP contribution in [0, 0.1) is 6.92 Å². The monoisotopic (exact) mass is 418 g/mol. The number of anilines is 1. The van der Waals surface area contributed by atoms with Crippen molar-refractivity contribution in [1.82, 2.24) is 24.1 Å². The normalized spacial score (nSPS) is 15.7. The van der Waals surface area contributed by atoms with E-state index in [1.807, 2.05) is 25.3 Å². The van der Waals surface area contributed by atoms with Crippen LogP contribution >= 0.6 is 11.6 Å². The Morgan fingerprint density at radius 1 is 1.00 bits per heavy atom. The second-order valence-corrected chi connectivity index (χ2v) is 8.72. The van der Waals surface area contributed by atoms with E-state index in [9.17, 15) is 8.42 Å². The molecule has 4 rings (SSSR count). The summed E-state index contributed by atoms with van der Waals surface area (Å²) in [6.07, 6.45) is 3.51. The first kappa shape index (κ1) is 18.9. The zero-order valence-corrected chi connectivity index (χ0v) is 16.8. The van der Waals surface area contributed by atoms with Gasteiger partial charge in [-0.25, -0.2) is 23.1 Å². The summed E-state index contributed by atoms with van der Waals surface area (Å²) in [5, 5.41) is 4.44. The van der Waals surface area contributed by atoms with Gasteiger partial charge >= 0.3 is 0 Å². The highest BCUT2D eigenvalue weighted by Crippen LogP contribution is 2.26. The molecule has 0 radical (unpaired) electrons. The van der Waals surface area contributed by atoms with Crippen LogP contribution in [0.5, 0.6) is 0 Å². The van der Waals surface area contributed by atoms with E-state index in [2.05, 4.69) is 20.0 Å². The SMILES string of the molecule is Cc1nc(N2CCN(S(=O)(=O)c3ccccc3Cl)CC2)cc(-n2cccn2)n1. The lowest BCUT2D eigenvalue weighted by Gasteiger charge is -2.35. The number of nitrogens with zero attached hydrogens (tertiary/aromatic N) is 6. The van der Waals surface area contributed by atoms with E-state index in [1.54, 1.807) is 29.1 Å². The maximum absolute atomic E-state index is 12.9. The smallest absolute Gasteiger partial charge is 0.244 e. The first-order valence-corrected chi connectivity index (χ1v) is 10.6. The van der Waals surface area contributed by atoms with E-state index in [0.717, 1.165) is 5.82 Å². The lowest BCUT2D eigenvalue weighted by atomic mass is 10.3. The Balaban J connectivity index is 1.53. The Bertz CT molecular complexity index is 1080. The molecular formula is C18H19ClN6O2S. The largest absolute Gasteiger partial charge is 0.354 e. The Hall–Kier alpha value is -2.49. The Kier molecular flexibility index (Phi) is 5.05. The molecule has 0 N–H and O–H groups in total. The summed E-state index contributed by atoms with van der Waals surface area (Å²) in [7, 11) is -3.62. The number of aromatic nitrogens is 4. The fourth-order valence-electron chi connectivity index (χ4n) is 3.17. The third-order valence-electron chi connectivity index (χ3n) is 4.57. The molecule has 0 unspecified atom stereocenters. The van der Waals surface area contributed by atoms with E-state index in [4.69, 9.17) is 11.6 Å². The molecule has 10 heteroatoms. The molecule has 2 aromatic heterocycles. The van der Waals surface area contributed by atoms with Gasteiger partial charge < -0.3 is 4.90 Å². The standard InChI is InChI=1S/C18H19ClN6O2S/c1-14-21-17(13-18(22-14)25-8-4-7-20-25)23-9-11-24(12-10-23)28(26,27)16-6-3-2-5-15(16)19/h2-8,13H,9-12H2,1H3. The van der Waals surface area contributed by atoms with Crippen LogP contribution in [0.15, 0.2) is 53.7 Å². The highest BCUT2D eigenvalue weighted by molar-refractivity contribution is 7.89. The molecule has 1 aliphatic heterocycles. The molecule has 0 saturated carbocycles. The number of rotatable bonds is 4. The van der Waals surface area contributed by atoms with E-state index in [-0.39, 0.29) is 9.92 Å². The van der Waals surface area contributed by atoms with Gasteiger partial charge in [0.05, 0.1) is 5.02 Å². The third kappa shape index (κ3) is 3.60. The van der Waals surface area contributed by atoms with Gasteiger partial charge in [0.1, 0.15) is 16.5 Å². The average molecular weight is 419 g/mol. The highest BCUT2D eigenvalue weighted by Gasteiger charge is 2.30. The van der Waals surface area contributed by atoms with Crippen LogP contribution in [0.2, 0.25) is 5.02 Å². The fraction of sp³-hybridized carbons (Fsp3) is 0.278. The number of piperazine rings is 1. The van der Waals surface area contributed by atoms with Crippen molar-refractivity contribution in [2.24, 2.45) is 0 Å². The number of hydrogen-bond donors (Lipinski definition) is 0. The molecule has 3 heterocycles. The van der Waals surface area contributed by atoms with Crippen molar-refractivity contribution < 1.29 is 8.42 Å². The van der Waals surface area contributed by atoms with Gasteiger partial charge in [-0.1, -0.05) is 23.7 Å². The molecule has 0 atom stereocenters. The Morgan fingerprint density at radius 3 is 2.39 bits per heavy atom. The number of halogens is 1. The van der Waals surface area contributed by atoms with Crippen LogP contribution in [-0.4, -0.2) is 58.7 Å². The topological polar surface area (TPSA) is 84.2 Å².